The van der Waals surface area contributed by atoms with Crippen LogP contribution < -0.4 is 5.32 Å². The van der Waals surface area contributed by atoms with Crippen molar-refractivity contribution in [3.63, 3.8) is 0 Å². The lowest BCUT2D eigenvalue weighted by atomic mass is 10.1. The first-order valence-corrected chi connectivity index (χ1v) is 5.87. The van der Waals surface area contributed by atoms with Crippen LogP contribution in [0.5, 0.6) is 0 Å². The normalized spacial score (nSPS) is 14.9. The summed E-state index contributed by atoms with van der Waals surface area (Å²) < 4.78 is 0. The van der Waals surface area contributed by atoms with Gasteiger partial charge in [0.05, 0.1) is 0 Å². The van der Waals surface area contributed by atoms with Crippen LogP contribution in [-0.2, 0) is 13.1 Å². The predicted molar refractivity (Wildman–Crippen MR) is 64.2 cm³/mol. The van der Waals surface area contributed by atoms with E-state index in [1.807, 2.05) is 19.1 Å². The van der Waals surface area contributed by atoms with Crippen LogP contribution in [0, 0.1) is 0 Å². The minimum Gasteiger partial charge on any atom is -0.352 e. The van der Waals surface area contributed by atoms with Crippen molar-refractivity contribution in [3.8, 4) is 0 Å². The highest BCUT2D eigenvalue weighted by Crippen LogP contribution is 2.23. The number of benzene rings is 1. The maximum Gasteiger partial charge on any atom is 0.251 e. The second-order valence-corrected chi connectivity index (χ2v) is 4.15. The second-order valence-electron chi connectivity index (χ2n) is 4.15. The molecular formula is C13H18N2O. The van der Waals surface area contributed by atoms with Gasteiger partial charge in [-0.15, -0.1) is 0 Å². The molecule has 0 spiro atoms. The fraction of sp³-hybridized carbons (Fsp3) is 0.462. The fourth-order valence-electron chi connectivity index (χ4n) is 2.09. The summed E-state index contributed by atoms with van der Waals surface area (Å²) in [4.78, 5) is 14.0. The van der Waals surface area contributed by atoms with Gasteiger partial charge in [0.25, 0.3) is 5.91 Å². The quantitative estimate of drug-likeness (QED) is 0.838. The van der Waals surface area contributed by atoms with E-state index in [4.69, 9.17) is 0 Å². The zero-order chi connectivity index (χ0) is 11.5. The number of carbonyl (C=O) groups is 1. The number of nitrogens with zero attached hydrogens (tertiary/aromatic N) is 1. The Bertz CT molecular complexity index is 401. The molecule has 0 radical (unpaired) electrons. The Kier molecular flexibility index (Phi) is 3.25. The van der Waals surface area contributed by atoms with Gasteiger partial charge in [-0.1, -0.05) is 13.0 Å². The molecule has 1 heterocycles. The maximum atomic E-state index is 11.7. The van der Waals surface area contributed by atoms with Crippen LogP contribution >= 0.6 is 0 Å². The highest BCUT2D eigenvalue weighted by Gasteiger charge is 2.18. The van der Waals surface area contributed by atoms with Gasteiger partial charge in [-0.25, -0.2) is 0 Å². The number of hydrogen-bond acceptors (Lipinski definition) is 2. The van der Waals surface area contributed by atoms with Crippen molar-refractivity contribution in [2.24, 2.45) is 0 Å². The molecule has 1 aliphatic heterocycles. The van der Waals surface area contributed by atoms with Gasteiger partial charge >= 0.3 is 0 Å². The topological polar surface area (TPSA) is 32.3 Å². The molecule has 3 heteroatoms. The molecule has 1 amide bonds. The lowest BCUT2D eigenvalue weighted by molar-refractivity contribution is 0.0955. The highest BCUT2D eigenvalue weighted by molar-refractivity contribution is 5.94. The van der Waals surface area contributed by atoms with Crippen LogP contribution in [0.4, 0.5) is 0 Å². The van der Waals surface area contributed by atoms with E-state index in [1.165, 1.54) is 11.1 Å². The summed E-state index contributed by atoms with van der Waals surface area (Å²) in [6, 6.07) is 6.02. The van der Waals surface area contributed by atoms with Crippen molar-refractivity contribution in [1.29, 1.82) is 0 Å². The molecule has 0 fully saturated rings. The lowest BCUT2D eigenvalue weighted by Gasteiger charge is -2.09. The van der Waals surface area contributed by atoms with Crippen LogP contribution in [0.2, 0.25) is 0 Å². The first-order valence-electron chi connectivity index (χ1n) is 5.87. The zero-order valence-electron chi connectivity index (χ0n) is 9.92. The van der Waals surface area contributed by atoms with Gasteiger partial charge in [0.1, 0.15) is 0 Å². The van der Waals surface area contributed by atoms with E-state index in [2.05, 4.69) is 23.2 Å². The smallest absolute Gasteiger partial charge is 0.251 e. The number of carbonyl (C=O) groups excluding carboxylic acids is 1. The van der Waals surface area contributed by atoms with Gasteiger partial charge in [-0.05, 0) is 36.7 Å². The average molecular weight is 218 g/mol. The molecule has 1 aromatic carbocycles. The predicted octanol–water partition coefficient (Wildman–Crippen LogP) is 1.77. The van der Waals surface area contributed by atoms with Crippen molar-refractivity contribution in [2.45, 2.75) is 26.9 Å². The SMILES string of the molecule is CCNC(=O)c1ccc2c(c1)CN(CC)C2. The molecule has 1 aromatic rings. The molecule has 3 nitrogen and oxygen atoms in total. The molecule has 0 aromatic heterocycles. The first kappa shape index (κ1) is 11.1. The van der Waals surface area contributed by atoms with Crippen molar-refractivity contribution in [2.75, 3.05) is 13.1 Å². The molecule has 1 aliphatic rings. The van der Waals surface area contributed by atoms with E-state index in [-0.39, 0.29) is 5.91 Å². The monoisotopic (exact) mass is 218 g/mol. The van der Waals surface area contributed by atoms with E-state index >= 15 is 0 Å². The zero-order valence-corrected chi connectivity index (χ0v) is 9.92. The molecule has 0 saturated heterocycles. The van der Waals surface area contributed by atoms with Crippen LogP contribution in [0.1, 0.15) is 35.3 Å². The Morgan fingerprint density at radius 2 is 2.06 bits per heavy atom. The second kappa shape index (κ2) is 4.66. The van der Waals surface area contributed by atoms with Crippen molar-refractivity contribution >= 4 is 5.91 Å². The van der Waals surface area contributed by atoms with Crippen molar-refractivity contribution in [3.05, 3.63) is 34.9 Å². The minimum absolute atomic E-state index is 0.0280. The Balaban J connectivity index is 2.19. The Morgan fingerprint density at radius 3 is 2.75 bits per heavy atom. The summed E-state index contributed by atoms with van der Waals surface area (Å²) in [6.45, 7) is 7.82. The van der Waals surface area contributed by atoms with Gasteiger partial charge in [0, 0.05) is 25.2 Å². The van der Waals surface area contributed by atoms with E-state index in [1.54, 1.807) is 0 Å². The molecule has 16 heavy (non-hydrogen) atoms. The summed E-state index contributed by atoms with van der Waals surface area (Å²) in [5.74, 6) is 0.0280. The van der Waals surface area contributed by atoms with E-state index < -0.39 is 0 Å². The number of hydrogen-bond donors (Lipinski definition) is 1. The standard InChI is InChI=1S/C13H18N2O/c1-3-14-13(16)10-5-6-11-8-15(4-2)9-12(11)7-10/h5-7H,3-4,8-9H2,1-2H3,(H,14,16). The third-order valence-corrected chi connectivity index (χ3v) is 3.04. The van der Waals surface area contributed by atoms with Gasteiger partial charge in [-0.2, -0.15) is 0 Å². The van der Waals surface area contributed by atoms with E-state index in [0.717, 1.165) is 25.2 Å². The van der Waals surface area contributed by atoms with Gasteiger partial charge in [-0.3, -0.25) is 9.69 Å². The molecule has 0 aliphatic carbocycles. The highest BCUT2D eigenvalue weighted by atomic mass is 16.1. The summed E-state index contributed by atoms with van der Waals surface area (Å²) in [5.41, 5.74) is 3.43. The Morgan fingerprint density at radius 1 is 1.31 bits per heavy atom. The van der Waals surface area contributed by atoms with Gasteiger partial charge in [0.15, 0.2) is 0 Å². The lowest BCUT2D eigenvalue weighted by Crippen LogP contribution is -2.22. The molecular weight excluding hydrogens is 200 g/mol. The molecule has 2 rings (SSSR count). The largest absolute Gasteiger partial charge is 0.352 e. The van der Waals surface area contributed by atoms with Crippen LogP contribution in [0.3, 0.4) is 0 Å². The Hall–Kier alpha value is -1.35. The number of nitrogens with one attached hydrogen (secondary N) is 1. The number of rotatable bonds is 3. The summed E-state index contributed by atoms with van der Waals surface area (Å²) in [5, 5.41) is 2.83. The molecule has 0 bridgehead atoms. The van der Waals surface area contributed by atoms with Crippen molar-refractivity contribution < 1.29 is 4.79 Å². The first-order chi connectivity index (χ1) is 7.74. The average Bonchev–Trinajstić information content (AvgIpc) is 2.70. The minimum atomic E-state index is 0.0280. The fourth-order valence-corrected chi connectivity index (χ4v) is 2.09. The summed E-state index contributed by atoms with van der Waals surface area (Å²) in [6.07, 6.45) is 0. The van der Waals surface area contributed by atoms with E-state index in [9.17, 15) is 4.79 Å². The molecule has 86 valence electrons. The van der Waals surface area contributed by atoms with Crippen molar-refractivity contribution in [1.82, 2.24) is 10.2 Å². The maximum absolute atomic E-state index is 11.7. The third-order valence-electron chi connectivity index (χ3n) is 3.04. The van der Waals surface area contributed by atoms with Gasteiger partial charge < -0.3 is 5.32 Å². The Labute approximate surface area is 96.5 Å². The third kappa shape index (κ3) is 2.09. The number of amides is 1. The van der Waals surface area contributed by atoms with Crippen LogP contribution in [0.15, 0.2) is 18.2 Å². The van der Waals surface area contributed by atoms with Crippen LogP contribution in [-0.4, -0.2) is 23.9 Å². The molecule has 1 N–H and O–H groups in total. The van der Waals surface area contributed by atoms with E-state index in [0.29, 0.717) is 6.54 Å². The van der Waals surface area contributed by atoms with Gasteiger partial charge in [0.2, 0.25) is 0 Å². The summed E-state index contributed by atoms with van der Waals surface area (Å²) in [7, 11) is 0. The summed E-state index contributed by atoms with van der Waals surface area (Å²) >= 11 is 0. The molecule has 0 saturated carbocycles. The number of fused-ring (bicyclic) bond motifs is 1. The van der Waals surface area contributed by atoms with Crippen LogP contribution in [0.25, 0.3) is 0 Å². The molecule has 0 unspecified atom stereocenters. The molecule has 0 atom stereocenters.